The molecule has 1 unspecified atom stereocenters. The van der Waals surface area contributed by atoms with Gasteiger partial charge in [0.15, 0.2) is 0 Å². The molecule has 1 aliphatic heterocycles. The van der Waals surface area contributed by atoms with Gasteiger partial charge in [0, 0.05) is 0 Å². The van der Waals surface area contributed by atoms with Gasteiger partial charge in [0.05, 0.1) is 0 Å². The Morgan fingerprint density at radius 2 is 1.91 bits per heavy atom. The molecule has 6 heteroatoms. The van der Waals surface area contributed by atoms with Crippen molar-refractivity contribution in [2.24, 2.45) is 0 Å². The van der Waals surface area contributed by atoms with Crippen molar-refractivity contribution in [2.45, 2.75) is 11.4 Å². The van der Waals surface area contributed by atoms with E-state index in [9.17, 15) is 15.6 Å². The van der Waals surface area contributed by atoms with Crippen molar-refractivity contribution in [3.63, 3.8) is 0 Å². The van der Waals surface area contributed by atoms with Crippen molar-refractivity contribution in [1.29, 1.82) is 10.5 Å². The summed E-state index contributed by atoms with van der Waals surface area (Å²) < 4.78 is 3.55. The second-order valence-electron chi connectivity index (χ2n) is 4.83. The van der Waals surface area contributed by atoms with Crippen LogP contribution in [0.25, 0.3) is 11.1 Å². The fraction of sp³-hybridized carbons (Fsp3) is 0.188. The first kappa shape index (κ1) is 15.3. The van der Waals surface area contributed by atoms with Crippen molar-refractivity contribution < 1.29 is 9.67 Å². The zero-order chi connectivity index (χ0) is 15.7. The van der Waals surface area contributed by atoms with E-state index < -0.39 is 0 Å². The second kappa shape index (κ2) is 6.26. The number of fused-ring (bicyclic) bond motifs is 1. The van der Waals surface area contributed by atoms with Crippen LogP contribution in [-0.4, -0.2) is 24.5 Å². The molecule has 1 aromatic heterocycles. The molecule has 0 saturated heterocycles. The fourth-order valence-electron chi connectivity index (χ4n) is 2.63. The van der Waals surface area contributed by atoms with E-state index in [1.54, 1.807) is 4.57 Å². The van der Waals surface area contributed by atoms with Crippen LogP contribution in [0.4, 0.5) is 0 Å². The molecule has 22 heavy (non-hydrogen) atoms. The minimum atomic E-state index is -0.00334. The summed E-state index contributed by atoms with van der Waals surface area (Å²) in [5.41, 5.74) is 2.08. The van der Waals surface area contributed by atoms with E-state index >= 15 is 0 Å². The van der Waals surface area contributed by atoms with Crippen LogP contribution in [0.5, 0.6) is 5.88 Å². The standard InChI is InChI=1S/C16H10IN3OSe/c17-6-11-9-22-16-13(8-19)14(10-4-2-1-3-5-10)12(7-18)15(21)20(11)16/h1-5,11H,6,9H2/p+1. The van der Waals surface area contributed by atoms with Crippen LogP contribution in [0.2, 0.25) is 5.32 Å². The van der Waals surface area contributed by atoms with Crippen molar-refractivity contribution in [3.05, 3.63) is 41.5 Å². The van der Waals surface area contributed by atoms with Crippen LogP contribution in [0, 0.1) is 22.7 Å². The number of nitriles is 2. The third kappa shape index (κ3) is 2.28. The number of aromatic hydroxyl groups is 1. The van der Waals surface area contributed by atoms with Gasteiger partial charge in [-0.15, -0.1) is 0 Å². The first-order valence-electron chi connectivity index (χ1n) is 6.61. The van der Waals surface area contributed by atoms with E-state index in [1.807, 2.05) is 30.3 Å². The molecule has 1 aliphatic rings. The summed E-state index contributed by atoms with van der Waals surface area (Å²) in [6.07, 6.45) is 0. The number of alkyl halides is 1. The van der Waals surface area contributed by atoms with Crippen LogP contribution < -0.4 is 9.16 Å². The number of aromatic nitrogens is 1. The van der Waals surface area contributed by atoms with Crippen molar-refractivity contribution in [2.75, 3.05) is 4.43 Å². The quantitative estimate of drug-likeness (QED) is 0.317. The monoisotopic (exact) mass is 468 g/mol. The Kier molecular flexibility index (Phi) is 4.35. The maximum absolute atomic E-state index is 10.6. The number of halogens is 1. The van der Waals surface area contributed by atoms with E-state index in [1.165, 1.54) is 0 Å². The molecule has 0 radical (unpaired) electrons. The number of hydrogen-bond acceptors (Lipinski definition) is 3. The molecule has 1 aromatic carbocycles. The van der Waals surface area contributed by atoms with Crippen LogP contribution >= 0.6 is 22.6 Å². The van der Waals surface area contributed by atoms with Crippen LogP contribution in [0.1, 0.15) is 17.2 Å². The molecule has 3 rings (SSSR count). The summed E-state index contributed by atoms with van der Waals surface area (Å²) in [6.45, 7) is 0. The predicted molar refractivity (Wildman–Crippen MR) is 91.3 cm³/mol. The normalized spacial score (nSPS) is 15.9. The molecular weight excluding hydrogens is 456 g/mol. The number of benzene rings is 1. The van der Waals surface area contributed by atoms with Gasteiger partial charge in [-0.1, -0.05) is 0 Å². The zero-order valence-corrected chi connectivity index (χ0v) is 15.3. The van der Waals surface area contributed by atoms with Crippen molar-refractivity contribution in [3.8, 4) is 29.1 Å². The molecular formula is C16H11IN3OSe+. The Hall–Kier alpha value is -1.60. The molecule has 108 valence electrons. The summed E-state index contributed by atoms with van der Waals surface area (Å²) >= 11 is 2.42. The van der Waals surface area contributed by atoms with E-state index in [4.69, 9.17) is 0 Å². The number of pyridine rings is 1. The minimum absolute atomic E-state index is 0.00334. The van der Waals surface area contributed by atoms with Gasteiger partial charge in [-0.25, -0.2) is 0 Å². The molecule has 2 aromatic rings. The third-order valence-corrected chi connectivity index (χ3v) is 7.21. The second-order valence-corrected chi connectivity index (χ2v) is 7.83. The van der Waals surface area contributed by atoms with Gasteiger partial charge in [-0.2, -0.15) is 0 Å². The molecule has 1 atom stereocenters. The molecule has 0 bridgehead atoms. The number of rotatable bonds is 2. The van der Waals surface area contributed by atoms with Gasteiger partial charge in [0.2, 0.25) is 0 Å². The molecule has 4 nitrogen and oxygen atoms in total. The molecule has 0 spiro atoms. The molecule has 0 aliphatic carbocycles. The van der Waals surface area contributed by atoms with Gasteiger partial charge >= 0.3 is 149 Å². The SMILES string of the molecule is N#Cc1c(-c2ccccc2)c(C#N)c2[n+](c1O)C(CI)C[Se]2. The van der Waals surface area contributed by atoms with Crippen LogP contribution in [-0.2, 0) is 0 Å². The molecule has 0 fully saturated rings. The van der Waals surface area contributed by atoms with E-state index in [2.05, 4.69) is 34.7 Å². The molecule has 1 N–H and O–H groups in total. The van der Waals surface area contributed by atoms with Gasteiger partial charge in [-0.3, -0.25) is 0 Å². The predicted octanol–water partition coefficient (Wildman–Crippen LogP) is 1.83. The van der Waals surface area contributed by atoms with Gasteiger partial charge in [0.25, 0.3) is 0 Å². The van der Waals surface area contributed by atoms with Gasteiger partial charge in [0.1, 0.15) is 0 Å². The molecule has 0 amide bonds. The van der Waals surface area contributed by atoms with Crippen LogP contribution in [0.15, 0.2) is 30.3 Å². The molecule has 0 saturated carbocycles. The Labute approximate surface area is 148 Å². The van der Waals surface area contributed by atoms with Gasteiger partial charge in [-0.05, 0) is 0 Å². The Bertz CT molecular complexity index is 824. The van der Waals surface area contributed by atoms with Gasteiger partial charge < -0.3 is 0 Å². The summed E-state index contributed by atoms with van der Waals surface area (Å²) in [4.78, 5) is 0. The maximum atomic E-state index is 10.6. The van der Waals surface area contributed by atoms with E-state index in [0.29, 0.717) is 11.1 Å². The Morgan fingerprint density at radius 3 is 2.50 bits per heavy atom. The fourth-order valence-corrected chi connectivity index (χ4v) is 6.98. The van der Waals surface area contributed by atoms with Crippen molar-refractivity contribution in [1.82, 2.24) is 0 Å². The number of hydrogen-bond donors (Lipinski definition) is 1. The third-order valence-electron chi connectivity index (χ3n) is 3.63. The summed E-state index contributed by atoms with van der Waals surface area (Å²) in [6, 6.07) is 13.9. The van der Waals surface area contributed by atoms with Crippen molar-refractivity contribution >= 4 is 42.1 Å². The summed E-state index contributed by atoms with van der Waals surface area (Å²) in [7, 11) is 0. The average Bonchev–Trinajstić information content (AvgIpc) is 2.99. The van der Waals surface area contributed by atoms with E-state index in [0.717, 1.165) is 19.9 Å². The summed E-state index contributed by atoms with van der Waals surface area (Å²) in [5.74, 6) is -0.00334. The summed E-state index contributed by atoms with van der Waals surface area (Å²) in [5, 5.41) is 30.8. The zero-order valence-electron chi connectivity index (χ0n) is 11.5. The first-order valence-corrected chi connectivity index (χ1v) is 10.2. The Morgan fingerprint density at radius 1 is 1.23 bits per heavy atom. The number of nitrogens with zero attached hydrogens (tertiary/aromatic N) is 3. The van der Waals surface area contributed by atoms with Crippen LogP contribution in [0.3, 0.4) is 0 Å². The Balaban J connectivity index is 2.40. The molecule has 2 heterocycles. The van der Waals surface area contributed by atoms with E-state index in [-0.39, 0.29) is 32.4 Å². The average molecular weight is 467 g/mol. The topological polar surface area (TPSA) is 71.7 Å². The first-order chi connectivity index (χ1) is 10.7.